The second kappa shape index (κ2) is 11.4. The van der Waals surface area contributed by atoms with Gasteiger partial charge in [-0.3, -0.25) is 0 Å². The highest BCUT2D eigenvalue weighted by atomic mass is 31.2. The van der Waals surface area contributed by atoms with Crippen molar-refractivity contribution in [2.24, 2.45) is 0 Å². The molecule has 4 aromatic carbocycles. The zero-order valence-electron chi connectivity index (χ0n) is 18.6. The highest BCUT2D eigenvalue weighted by Crippen LogP contribution is 2.55. The van der Waals surface area contributed by atoms with Crippen molar-refractivity contribution in [1.29, 1.82) is 0 Å². The summed E-state index contributed by atoms with van der Waals surface area (Å²) < 4.78 is 5.37. The predicted molar refractivity (Wildman–Crippen MR) is 139 cm³/mol. The SMILES string of the molecule is O=C(NCCC[P+](c1ccccc1)(c1ccccc1)c1ccccc1)OCc1ccccc1. The second-order valence-corrected chi connectivity index (χ2v) is 11.5. The van der Waals surface area contributed by atoms with Crippen LogP contribution >= 0.6 is 7.26 Å². The van der Waals surface area contributed by atoms with E-state index in [0.717, 1.165) is 18.1 Å². The number of hydrogen-bond donors (Lipinski definition) is 1. The molecule has 0 unspecified atom stereocenters. The van der Waals surface area contributed by atoms with Gasteiger partial charge in [-0.2, -0.15) is 0 Å². The van der Waals surface area contributed by atoms with Crippen LogP contribution in [0.25, 0.3) is 0 Å². The fraction of sp³-hybridized carbons (Fsp3) is 0.138. The first-order chi connectivity index (χ1) is 16.3. The number of carbonyl (C=O) groups excluding carboxylic acids is 1. The summed E-state index contributed by atoms with van der Waals surface area (Å²) in [5.41, 5.74) is 0.981. The molecule has 0 radical (unpaired) electrons. The molecular weight excluding hydrogens is 425 g/mol. The van der Waals surface area contributed by atoms with E-state index >= 15 is 0 Å². The minimum Gasteiger partial charge on any atom is -0.445 e. The third-order valence-electron chi connectivity index (χ3n) is 5.74. The lowest BCUT2D eigenvalue weighted by molar-refractivity contribution is 0.139. The topological polar surface area (TPSA) is 38.3 Å². The van der Waals surface area contributed by atoms with Gasteiger partial charge in [0.2, 0.25) is 0 Å². The van der Waals surface area contributed by atoms with Gasteiger partial charge in [0.25, 0.3) is 0 Å². The van der Waals surface area contributed by atoms with E-state index in [-0.39, 0.29) is 12.7 Å². The normalized spacial score (nSPS) is 11.0. The fourth-order valence-corrected chi connectivity index (χ4v) is 8.51. The maximum absolute atomic E-state index is 12.2. The summed E-state index contributed by atoms with van der Waals surface area (Å²) in [4.78, 5) is 12.2. The minimum absolute atomic E-state index is 0.279. The third-order valence-corrected chi connectivity index (χ3v) is 10.3. The Balaban J connectivity index is 1.50. The van der Waals surface area contributed by atoms with Gasteiger partial charge in [0.1, 0.15) is 29.8 Å². The van der Waals surface area contributed by atoms with Crippen molar-refractivity contribution in [1.82, 2.24) is 5.32 Å². The Labute approximate surface area is 196 Å². The highest BCUT2D eigenvalue weighted by molar-refractivity contribution is 7.95. The van der Waals surface area contributed by atoms with E-state index in [2.05, 4.69) is 96.3 Å². The predicted octanol–water partition coefficient (Wildman–Crippen LogP) is 5.30. The molecule has 3 nitrogen and oxygen atoms in total. The van der Waals surface area contributed by atoms with Crippen LogP contribution in [0.5, 0.6) is 0 Å². The molecule has 0 aliphatic rings. The zero-order valence-corrected chi connectivity index (χ0v) is 19.5. The number of nitrogens with one attached hydrogen (secondary N) is 1. The molecule has 0 fully saturated rings. The standard InChI is InChI=1S/C29H28NO2P/c31-29(32-24-25-14-5-1-6-15-25)30-22-13-23-33(26-16-7-2-8-17-26,27-18-9-3-10-19-27)28-20-11-4-12-21-28/h1-12,14-21H,13,22-24H2/p+1. The second-order valence-electron chi connectivity index (χ2n) is 7.88. The monoisotopic (exact) mass is 454 g/mol. The van der Waals surface area contributed by atoms with E-state index in [9.17, 15) is 4.79 Å². The van der Waals surface area contributed by atoms with E-state index < -0.39 is 7.26 Å². The third kappa shape index (κ3) is 5.69. The molecule has 0 heterocycles. The summed E-state index contributed by atoms with van der Waals surface area (Å²) in [6.45, 7) is 0.851. The summed E-state index contributed by atoms with van der Waals surface area (Å²) in [5, 5.41) is 7.00. The summed E-state index contributed by atoms with van der Waals surface area (Å²) in [7, 11) is -1.87. The number of alkyl carbamates (subject to hydrolysis) is 1. The first kappa shape index (κ1) is 22.8. The smallest absolute Gasteiger partial charge is 0.407 e. The van der Waals surface area contributed by atoms with E-state index in [1.165, 1.54) is 15.9 Å². The molecular formula is C29H29NO2P+. The number of benzene rings is 4. The molecule has 0 aliphatic heterocycles. The number of rotatable bonds is 9. The first-order valence-corrected chi connectivity index (χ1v) is 13.3. The van der Waals surface area contributed by atoms with Gasteiger partial charge < -0.3 is 10.1 Å². The van der Waals surface area contributed by atoms with E-state index in [1.807, 2.05) is 30.3 Å². The molecule has 33 heavy (non-hydrogen) atoms. The summed E-state index contributed by atoms with van der Waals surface area (Å²) >= 11 is 0. The Kier molecular flexibility index (Phi) is 7.90. The van der Waals surface area contributed by atoms with Crippen molar-refractivity contribution in [3.63, 3.8) is 0 Å². The lowest BCUT2D eigenvalue weighted by Crippen LogP contribution is -2.35. The van der Waals surface area contributed by atoms with Crippen molar-refractivity contribution >= 4 is 29.3 Å². The van der Waals surface area contributed by atoms with Crippen molar-refractivity contribution in [3.8, 4) is 0 Å². The van der Waals surface area contributed by atoms with Crippen LogP contribution in [0, 0.1) is 0 Å². The Morgan fingerprint density at radius 3 is 1.52 bits per heavy atom. The van der Waals surface area contributed by atoms with Crippen LogP contribution in [0.15, 0.2) is 121 Å². The van der Waals surface area contributed by atoms with Crippen molar-refractivity contribution in [3.05, 3.63) is 127 Å². The van der Waals surface area contributed by atoms with E-state index in [0.29, 0.717) is 6.54 Å². The number of amides is 1. The fourth-order valence-electron chi connectivity index (χ4n) is 4.16. The Morgan fingerprint density at radius 1 is 0.636 bits per heavy atom. The summed E-state index contributed by atoms with van der Waals surface area (Å²) in [5.74, 6) is 0. The molecule has 0 bridgehead atoms. The molecule has 0 atom stereocenters. The Hall–Kier alpha value is -3.42. The molecule has 1 N–H and O–H groups in total. The molecule has 4 aromatic rings. The molecule has 0 aromatic heterocycles. The van der Waals surface area contributed by atoms with Gasteiger partial charge in [-0.1, -0.05) is 84.9 Å². The van der Waals surface area contributed by atoms with E-state index in [1.54, 1.807) is 0 Å². The van der Waals surface area contributed by atoms with Gasteiger partial charge in [-0.15, -0.1) is 0 Å². The van der Waals surface area contributed by atoms with Gasteiger partial charge in [-0.25, -0.2) is 4.79 Å². The van der Waals surface area contributed by atoms with Crippen LogP contribution in [-0.2, 0) is 11.3 Å². The maximum Gasteiger partial charge on any atom is 0.407 e. The summed E-state index contributed by atoms with van der Waals surface area (Å²) in [6, 6.07) is 42.1. The molecule has 0 spiro atoms. The molecule has 1 amide bonds. The van der Waals surface area contributed by atoms with Crippen LogP contribution in [-0.4, -0.2) is 18.8 Å². The molecule has 0 aliphatic carbocycles. The van der Waals surface area contributed by atoms with Crippen molar-refractivity contribution in [2.75, 3.05) is 12.7 Å². The van der Waals surface area contributed by atoms with E-state index in [4.69, 9.17) is 4.74 Å². The van der Waals surface area contributed by atoms with Gasteiger partial charge in [0, 0.05) is 6.54 Å². The first-order valence-electron chi connectivity index (χ1n) is 11.3. The molecule has 0 saturated heterocycles. The maximum atomic E-state index is 12.2. The number of carbonyl (C=O) groups is 1. The van der Waals surface area contributed by atoms with Gasteiger partial charge in [0.05, 0.1) is 6.16 Å². The molecule has 4 rings (SSSR count). The summed E-state index contributed by atoms with van der Waals surface area (Å²) in [6.07, 6.45) is 1.44. The van der Waals surface area contributed by atoms with Gasteiger partial charge >= 0.3 is 6.09 Å². The number of hydrogen-bond acceptors (Lipinski definition) is 2. The quantitative estimate of drug-likeness (QED) is 0.275. The Bertz CT molecular complexity index is 1020. The zero-order chi connectivity index (χ0) is 22.8. The molecule has 4 heteroatoms. The van der Waals surface area contributed by atoms with Gasteiger partial charge in [-0.05, 0) is 48.4 Å². The molecule has 0 saturated carbocycles. The van der Waals surface area contributed by atoms with Crippen molar-refractivity contribution in [2.45, 2.75) is 13.0 Å². The number of ether oxygens (including phenoxy) is 1. The van der Waals surface area contributed by atoms with Crippen LogP contribution in [0.1, 0.15) is 12.0 Å². The lowest BCUT2D eigenvalue weighted by atomic mass is 10.2. The average molecular weight is 455 g/mol. The molecule has 166 valence electrons. The Morgan fingerprint density at radius 2 is 1.06 bits per heavy atom. The lowest BCUT2D eigenvalue weighted by Gasteiger charge is -2.27. The van der Waals surface area contributed by atoms with Crippen molar-refractivity contribution < 1.29 is 9.53 Å². The average Bonchev–Trinajstić information content (AvgIpc) is 2.90. The largest absolute Gasteiger partial charge is 0.445 e. The minimum atomic E-state index is -1.87. The van der Waals surface area contributed by atoms with Crippen LogP contribution in [0.2, 0.25) is 0 Å². The van der Waals surface area contributed by atoms with Crippen LogP contribution in [0.4, 0.5) is 4.79 Å². The van der Waals surface area contributed by atoms with Gasteiger partial charge in [0.15, 0.2) is 0 Å². The van der Waals surface area contributed by atoms with Crippen LogP contribution in [0.3, 0.4) is 0 Å². The highest BCUT2D eigenvalue weighted by Gasteiger charge is 2.44. The van der Waals surface area contributed by atoms with Crippen LogP contribution < -0.4 is 21.2 Å².